The Morgan fingerprint density at radius 1 is 1.29 bits per heavy atom. The Kier molecular flexibility index (Phi) is 3.94. The van der Waals surface area contributed by atoms with Gasteiger partial charge in [0, 0.05) is 13.1 Å². The summed E-state index contributed by atoms with van der Waals surface area (Å²) in [4.78, 5) is 10.2. The van der Waals surface area contributed by atoms with Crippen molar-refractivity contribution >= 4 is 5.97 Å². The topological polar surface area (TPSA) is 69.6 Å². The number of carboxylic acid groups (broad SMARTS) is 1. The van der Waals surface area contributed by atoms with Crippen molar-refractivity contribution < 1.29 is 15.0 Å². The number of hydrogen-bond donors (Lipinski definition) is 3. The van der Waals surface area contributed by atoms with Crippen molar-refractivity contribution in [3.63, 3.8) is 0 Å². The molecule has 0 fully saturated rings. The quantitative estimate of drug-likeness (QED) is 0.612. The fourth-order valence-electron chi connectivity index (χ4n) is 1.04. The first kappa shape index (κ1) is 10.5. The zero-order valence-corrected chi connectivity index (χ0v) is 7.73. The van der Waals surface area contributed by atoms with Crippen molar-refractivity contribution in [1.82, 2.24) is 5.32 Å². The molecule has 0 radical (unpaired) electrons. The Bertz CT molecular complexity index is 295. The highest BCUT2D eigenvalue weighted by Gasteiger charge is 1.96. The molecule has 0 unspecified atom stereocenters. The van der Waals surface area contributed by atoms with Gasteiger partial charge in [0.1, 0.15) is 5.75 Å². The van der Waals surface area contributed by atoms with Crippen molar-refractivity contribution in [2.75, 3.05) is 6.54 Å². The lowest BCUT2D eigenvalue weighted by Crippen LogP contribution is -2.17. The normalized spacial score (nSPS) is 10.0. The van der Waals surface area contributed by atoms with Crippen LogP contribution in [0.25, 0.3) is 0 Å². The van der Waals surface area contributed by atoms with E-state index in [9.17, 15) is 4.79 Å². The molecule has 76 valence electrons. The summed E-state index contributed by atoms with van der Waals surface area (Å²) in [6, 6.07) is 6.80. The van der Waals surface area contributed by atoms with E-state index in [4.69, 9.17) is 10.2 Å². The molecule has 0 amide bonds. The highest BCUT2D eigenvalue weighted by Crippen LogP contribution is 2.08. The lowest BCUT2D eigenvalue weighted by Gasteiger charge is -2.02. The molecule has 0 atom stereocenters. The van der Waals surface area contributed by atoms with Crippen molar-refractivity contribution in [1.29, 1.82) is 0 Å². The number of carboxylic acids is 1. The Morgan fingerprint density at radius 3 is 2.50 bits per heavy atom. The first-order valence-electron chi connectivity index (χ1n) is 4.39. The minimum absolute atomic E-state index is 0.123. The van der Waals surface area contributed by atoms with E-state index in [1.807, 2.05) is 0 Å². The molecule has 0 aliphatic heterocycles. The van der Waals surface area contributed by atoms with Gasteiger partial charge in [0.2, 0.25) is 0 Å². The smallest absolute Gasteiger partial charge is 0.304 e. The highest BCUT2D eigenvalue weighted by molar-refractivity contribution is 5.66. The van der Waals surface area contributed by atoms with Gasteiger partial charge in [0.25, 0.3) is 0 Å². The van der Waals surface area contributed by atoms with Crippen LogP contribution in [0.5, 0.6) is 5.75 Å². The molecule has 1 aromatic carbocycles. The fraction of sp³-hybridized carbons (Fsp3) is 0.300. The largest absolute Gasteiger partial charge is 0.508 e. The van der Waals surface area contributed by atoms with Crippen molar-refractivity contribution in [3.8, 4) is 5.75 Å². The summed E-state index contributed by atoms with van der Waals surface area (Å²) < 4.78 is 0. The minimum Gasteiger partial charge on any atom is -0.508 e. The van der Waals surface area contributed by atoms with Crippen LogP contribution in [0.3, 0.4) is 0 Å². The molecule has 0 spiro atoms. The summed E-state index contributed by atoms with van der Waals surface area (Å²) in [6.07, 6.45) is 0.123. The average molecular weight is 195 g/mol. The molecule has 14 heavy (non-hydrogen) atoms. The van der Waals surface area contributed by atoms with Crippen molar-refractivity contribution in [3.05, 3.63) is 29.8 Å². The van der Waals surface area contributed by atoms with Crippen molar-refractivity contribution in [2.24, 2.45) is 0 Å². The van der Waals surface area contributed by atoms with Crippen LogP contribution >= 0.6 is 0 Å². The molecule has 1 rings (SSSR count). The number of rotatable bonds is 5. The van der Waals surface area contributed by atoms with E-state index < -0.39 is 5.97 Å². The van der Waals surface area contributed by atoms with Gasteiger partial charge in [0.05, 0.1) is 6.42 Å². The Morgan fingerprint density at radius 2 is 1.93 bits per heavy atom. The Labute approximate surface area is 82.2 Å². The van der Waals surface area contributed by atoms with Gasteiger partial charge in [-0.25, -0.2) is 0 Å². The molecule has 0 aliphatic rings. The third kappa shape index (κ3) is 3.91. The van der Waals surface area contributed by atoms with E-state index in [0.29, 0.717) is 13.1 Å². The first-order valence-corrected chi connectivity index (χ1v) is 4.39. The SMILES string of the molecule is O=C(O)CCNCc1ccc(O)cc1. The van der Waals surface area contributed by atoms with E-state index in [1.54, 1.807) is 24.3 Å². The van der Waals surface area contributed by atoms with Gasteiger partial charge in [-0.3, -0.25) is 4.79 Å². The first-order chi connectivity index (χ1) is 6.68. The number of phenolic OH excluding ortho intramolecular Hbond substituents is 1. The highest BCUT2D eigenvalue weighted by atomic mass is 16.4. The molecule has 0 aliphatic carbocycles. The Hall–Kier alpha value is -1.55. The molecule has 3 N–H and O–H groups in total. The second-order valence-electron chi connectivity index (χ2n) is 2.99. The predicted molar refractivity (Wildman–Crippen MR) is 52.1 cm³/mol. The maximum absolute atomic E-state index is 10.2. The van der Waals surface area contributed by atoms with E-state index in [1.165, 1.54) is 0 Å². The van der Waals surface area contributed by atoms with Crippen LogP contribution in [0, 0.1) is 0 Å². The fourth-order valence-corrected chi connectivity index (χ4v) is 1.04. The minimum atomic E-state index is -0.803. The molecular formula is C10H13NO3. The summed E-state index contributed by atoms with van der Waals surface area (Å²) in [5, 5.41) is 20.4. The third-order valence-electron chi connectivity index (χ3n) is 1.78. The molecule has 0 heterocycles. The lowest BCUT2D eigenvalue weighted by molar-refractivity contribution is -0.136. The molecule has 4 heteroatoms. The van der Waals surface area contributed by atoms with Crippen LogP contribution in [0.15, 0.2) is 24.3 Å². The zero-order chi connectivity index (χ0) is 10.4. The summed E-state index contributed by atoms with van der Waals surface area (Å²) in [6.45, 7) is 1.07. The molecule has 1 aromatic rings. The summed E-state index contributed by atoms with van der Waals surface area (Å²) in [5.74, 6) is -0.567. The molecule has 0 bridgehead atoms. The van der Waals surface area contributed by atoms with Crippen LogP contribution in [-0.4, -0.2) is 22.7 Å². The lowest BCUT2D eigenvalue weighted by atomic mass is 10.2. The van der Waals surface area contributed by atoms with E-state index in [2.05, 4.69) is 5.32 Å². The number of phenols is 1. The number of nitrogens with one attached hydrogen (secondary N) is 1. The van der Waals surface area contributed by atoms with Gasteiger partial charge < -0.3 is 15.5 Å². The second kappa shape index (κ2) is 5.24. The zero-order valence-electron chi connectivity index (χ0n) is 7.73. The number of hydrogen-bond acceptors (Lipinski definition) is 3. The van der Waals surface area contributed by atoms with E-state index >= 15 is 0 Å². The summed E-state index contributed by atoms with van der Waals surface area (Å²) >= 11 is 0. The maximum atomic E-state index is 10.2. The molecule has 0 saturated carbocycles. The van der Waals surface area contributed by atoms with Gasteiger partial charge in [-0.1, -0.05) is 12.1 Å². The van der Waals surface area contributed by atoms with E-state index in [-0.39, 0.29) is 12.2 Å². The van der Waals surface area contributed by atoms with Gasteiger partial charge in [0.15, 0.2) is 0 Å². The average Bonchev–Trinajstić information content (AvgIpc) is 2.15. The van der Waals surface area contributed by atoms with E-state index in [0.717, 1.165) is 5.56 Å². The number of benzene rings is 1. The third-order valence-corrected chi connectivity index (χ3v) is 1.78. The van der Waals surface area contributed by atoms with Crippen molar-refractivity contribution in [2.45, 2.75) is 13.0 Å². The number of aromatic hydroxyl groups is 1. The predicted octanol–water partition coefficient (Wildman–Crippen LogP) is 0.956. The second-order valence-corrected chi connectivity index (χ2v) is 2.99. The van der Waals surface area contributed by atoms with Gasteiger partial charge in [-0.05, 0) is 17.7 Å². The van der Waals surface area contributed by atoms with Gasteiger partial charge in [-0.2, -0.15) is 0 Å². The van der Waals surface area contributed by atoms with Crippen LogP contribution in [0.1, 0.15) is 12.0 Å². The molecule has 0 saturated heterocycles. The monoisotopic (exact) mass is 195 g/mol. The maximum Gasteiger partial charge on any atom is 0.304 e. The standard InChI is InChI=1S/C10H13NO3/c12-9-3-1-8(2-4-9)7-11-6-5-10(13)14/h1-4,11-12H,5-7H2,(H,13,14). The summed E-state index contributed by atoms with van der Waals surface area (Å²) in [5.41, 5.74) is 1.02. The van der Waals surface area contributed by atoms with Crippen LogP contribution < -0.4 is 5.32 Å². The van der Waals surface area contributed by atoms with Crippen LogP contribution in [0.2, 0.25) is 0 Å². The van der Waals surface area contributed by atoms with Gasteiger partial charge in [-0.15, -0.1) is 0 Å². The summed E-state index contributed by atoms with van der Waals surface area (Å²) in [7, 11) is 0. The molecule has 4 nitrogen and oxygen atoms in total. The Balaban J connectivity index is 2.25. The number of aliphatic carboxylic acids is 1. The van der Waals surface area contributed by atoms with Crippen LogP contribution in [-0.2, 0) is 11.3 Å². The number of carbonyl (C=O) groups is 1. The molecular weight excluding hydrogens is 182 g/mol. The van der Waals surface area contributed by atoms with Crippen LogP contribution in [0.4, 0.5) is 0 Å². The molecule has 0 aromatic heterocycles. The van der Waals surface area contributed by atoms with Gasteiger partial charge >= 0.3 is 5.97 Å².